The molecule has 0 aromatic rings. The molecule has 0 aliphatic carbocycles. The summed E-state index contributed by atoms with van der Waals surface area (Å²) < 4.78 is 0. The molecule has 0 aromatic heterocycles. The molecular weight excluding hydrogens is 190 g/mol. The van der Waals surface area contributed by atoms with E-state index in [0.717, 1.165) is 45.1 Å². The summed E-state index contributed by atoms with van der Waals surface area (Å²) in [5.74, 6) is 0.752. The van der Waals surface area contributed by atoms with Gasteiger partial charge >= 0.3 is 6.03 Å². The highest BCUT2D eigenvalue weighted by molar-refractivity contribution is 5.73. The van der Waals surface area contributed by atoms with E-state index in [0.29, 0.717) is 0 Å². The average Bonchev–Trinajstić information content (AvgIpc) is 2.72. The van der Waals surface area contributed by atoms with Gasteiger partial charge < -0.3 is 15.5 Å². The molecule has 15 heavy (non-hydrogen) atoms. The lowest BCUT2D eigenvalue weighted by Gasteiger charge is -2.19. The Balaban J connectivity index is 2.10. The summed E-state index contributed by atoms with van der Waals surface area (Å²) >= 11 is 0. The predicted octanol–water partition coefficient (Wildman–Crippen LogP) is 1.04. The smallest absolute Gasteiger partial charge is 0.317 e. The highest BCUT2D eigenvalue weighted by Gasteiger charge is 2.14. The molecule has 0 saturated carbocycles. The molecular formula is C11H23N3O. The molecule has 0 spiro atoms. The van der Waals surface area contributed by atoms with Gasteiger partial charge in [-0.15, -0.1) is 0 Å². The molecule has 1 rings (SSSR count). The summed E-state index contributed by atoms with van der Waals surface area (Å²) in [4.78, 5) is 13.4. The Hall–Kier alpha value is -0.770. The van der Waals surface area contributed by atoms with Crippen LogP contribution in [0.5, 0.6) is 0 Å². The van der Waals surface area contributed by atoms with Crippen LogP contribution in [-0.4, -0.2) is 43.7 Å². The Bertz CT molecular complexity index is 186. The van der Waals surface area contributed by atoms with Gasteiger partial charge in [0.05, 0.1) is 0 Å². The van der Waals surface area contributed by atoms with Gasteiger partial charge in [-0.05, 0) is 45.7 Å². The van der Waals surface area contributed by atoms with Crippen LogP contribution in [0, 0.1) is 5.92 Å². The zero-order valence-corrected chi connectivity index (χ0v) is 9.88. The van der Waals surface area contributed by atoms with Gasteiger partial charge in [-0.3, -0.25) is 0 Å². The molecule has 0 aromatic carbocycles. The molecule has 1 saturated heterocycles. The molecule has 1 atom stereocenters. The number of amides is 2. The van der Waals surface area contributed by atoms with Crippen molar-refractivity contribution in [3.63, 3.8) is 0 Å². The minimum Gasteiger partial charge on any atom is -0.338 e. The van der Waals surface area contributed by atoms with Crippen molar-refractivity contribution in [3.8, 4) is 0 Å². The second-order valence-corrected chi connectivity index (χ2v) is 4.05. The van der Waals surface area contributed by atoms with Crippen LogP contribution in [0.3, 0.4) is 0 Å². The van der Waals surface area contributed by atoms with Crippen molar-refractivity contribution in [2.24, 2.45) is 5.92 Å². The number of rotatable bonds is 5. The number of hydrogen-bond acceptors (Lipinski definition) is 2. The molecule has 1 unspecified atom stereocenters. The van der Waals surface area contributed by atoms with Gasteiger partial charge in [0.2, 0.25) is 0 Å². The first-order valence-electron chi connectivity index (χ1n) is 6.01. The van der Waals surface area contributed by atoms with Crippen LogP contribution in [0.15, 0.2) is 0 Å². The molecule has 0 bridgehead atoms. The van der Waals surface area contributed by atoms with Crippen LogP contribution < -0.4 is 10.6 Å². The Labute approximate surface area is 92.4 Å². The summed E-state index contributed by atoms with van der Waals surface area (Å²) in [6, 6.07) is 0.0750. The van der Waals surface area contributed by atoms with Crippen molar-refractivity contribution in [3.05, 3.63) is 0 Å². The Kier molecular flexibility index (Phi) is 5.47. The van der Waals surface area contributed by atoms with Crippen molar-refractivity contribution in [2.45, 2.75) is 26.7 Å². The number of nitrogens with zero attached hydrogens (tertiary/aromatic N) is 1. The maximum absolute atomic E-state index is 11.6. The van der Waals surface area contributed by atoms with E-state index in [1.54, 1.807) is 0 Å². The number of urea groups is 1. The van der Waals surface area contributed by atoms with Gasteiger partial charge in [0, 0.05) is 19.6 Å². The second kappa shape index (κ2) is 6.67. The minimum absolute atomic E-state index is 0.0750. The molecule has 1 aliphatic heterocycles. The summed E-state index contributed by atoms with van der Waals surface area (Å²) in [5.41, 5.74) is 0. The quantitative estimate of drug-likeness (QED) is 0.716. The molecule has 0 radical (unpaired) electrons. The van der Waals surface area contributed by atoms with E-state index in [2.05, 4.69) is 10.6 Å². The summed E-state index contributed by atoms with van der Waals surface area (Å²) in [6.07, 6.45) is 2.35. The first-order valence-corrected chi connectivity index (χ1v) is 6.01. The highest BCUT2D eigenvalue weighted by atomic mass is 16.2. The fourth-order valence-electron chi connectivity index (χ4n) is 1.97. The van der Waals surface area contributed by atoms with Gasteiger partial charge in [-0.1, -0.05) is 0 Å². The molecule has 4 nitrogen and oxygen atoms in total. The monoisotopic (exact) mass is 213 g/mol. The summed E-state index contributed by atoms with van der Waals surface area (Å²) in [6.45, 7) is 8.63. The Morgan fingerprint density at radius 1 is 1.47 bits per heavy atom. The SMILES string of the molecule is CCN(CC)C(=O)NCCC1CCNC1. The van der Waals surface area contributed by atoms with E-state index >= 15 is 0 Å². The van der Waals surface area contributed by atoms with E-state index in [9.17, 15) is 4.79 Å². The van der Waals surface area contributed by atoms with Crippen molar-refractivity contribution in [1.82, 2.24) is 15.5 Å². The molecule has 2 N–H and O–H groups in total. The Morgan fingerprint density at radius 2 is 2.20 bits per heavy atom. The third kappa shape index (κ3) is 4.08. The van der Waals surface area contributed by atoms with Crippen LogP contribution in [0.1, 0.15) is 26.7 Å². The lowest BCUT2D eigenvalue weighted by atomic mass is 10.1. The first-order chi connectivity index (χ1) is 7.27. The standard InChI is InChI=1S/C11H23N3O/c1-3-14(4-2)11(15)13-8-6-10-5-7-12-9-10/h10,12H,3-9H2,1-2H3,(H,13,15). The fraction of sp³-hybridized carbons (Fsp3) is 0.909. The molecule has 2 amide bonds. The van der Waals surface area contributed by atoms with Gasteiger partial charge in [0.1, 0.15) is 0 Å². The number of nitrogens with one attached hydrogen (secondary N) is 2. The zero-order chi connectivity index (χ0) is 11.1. The van der Waals surface area contributed by atoms with Crippen LogP contribution in [0.2, 0.25) is 0 Å². The third-order valence-electron chi connectivity index (χ3n) is 3.04. The topological polar surface area (TPSA) is 44.4 Å². The van der Waals surface area contributed by atoms with E-state index in [-0.39, 0.29) is 6.03 Å². The fourth-order valence-corrected chi connectivity index (χ4v) is 1.97. The van der Waals surface area contributed by atoms with Crippen molar-refractivity contribution >= 4 is 6.03 Å². The van der Waals surface area contributed by atoms with Crippen LogP contribution >= 0.6 is 0 Å². The molecule has 1 aliphatic rings. The second-order valence-electron chi connectivity index (χ2n) is 4.05. The average molecular weight is 213 g/mol. The van der Waals surface area contributed by atoms with Crippen molar-refractivity contribution in [2.75, 3.05) is 32.7 Å². The maximum atomic E-state index is 11.6. The van der Waals surface area contributed by atoms with E-state index < -0.39 is 0 Å². The van der Waals surface area contributed by atoms with Gasteiger partial charge in [-0.25, -0.2) is 4.79 Å². The van der Waals surface area contributed by atoms with Gasteiger partial charge in [0.25, 0.3) is 0 Å². The number of carbonyl (C=O) groups excluding carboxylic acids is 1. The normalized spacial score (nSPS) is 20.3. The van der Waals surface area contributed by atoms with Gasteiger partial charge in [0.15, 0.2) is 0 Å². The number of hydrogen-bond donors (Lipinski definition) is 2. The Morgan fingerprint density at radius 3 is 2.73 bits per heavy atom. The van der Waals surface area contributed by atoms with E-state index in [4.69, 9.17) is 0 Å². The predicted molar refractivity (Wildman–Crippen MR) is 61.9 cm³/mol. The van der Waals surface area contributed by atoms with Crippen LogP contribution in [-0.2, 0) is 0 Å². The maximum Gasteiger partial charge on any atom is 0.317 e. The molecule has 88 valence electrons. The van der Waals surface area contributed by atoms with E-state index in [1.807, 2.05) is 18.7 Å². The third-order valence-corrected chi connectivity index (χ3v) is 3.04. The molecule has 1 heterocycles. The lowest BCUT2D eigenvalue weighted by Crippen LogP contribution is -2.40. The number of carbonyl (C=O) groups is 1. The molecule has 4 heteroatoms. The summed E-state index contributed by atoms with van der Waals surface area (Å²) in [5, 5.41) is 6.30. The minimum atomic E-state index is 0.0750. The van der Waals surface area contributed by atoms with E-state index in [1.165, 1.54) is 6.42 Å². The highest BCUT2D eigenvalue weighted by Crippen LogP contribution is 2.10. The van der Waals surface area contributed by atoms with Crippen molar-refractivity contribution in [1.29, 1.82) is 0 Å². The first kappa shape index (κ1) is 12.3. The lowest BCUT2D eigenvalue weighted by molar-refractivity contribution is 0.202. The van der Waals surface area contributed by atoms with Crippen molar-refractivity contribution < 1.29 is 4.79 Å². The largest absolute Gasteiger partial charge is 0.338 e. The van der Waals surface area contributed by atoms with Crippen LogP contribution in [0.4, 0.5) is 4.79 Å². The zero-order valence-electron chi connectivity index (χ0n) is 9.88. The van der Waals surface area contributed by atoms with Gasteiger partial charge in [-0.2, -0.15) is 0 Å². The van der Waals surface area contributed by atoms with Crippen LogP contribution in [0.25, 0.3) is 0 Å². The summed E-state index contributed by atoms with van der Waals surface area (Å²) in [7, 11) is 0. The molecule has 1 fully saturated rings.